The maximum atomic E-state index is 12.0. The van der Waals surface area contributed by atoms with Gasteiger partial charge in [-0.15, -0.1) is 0 Å². The first-order chi connectivity index (χ1) is 11.0. The number of rotatable bonds is 5. The summed E-state index contributed by atoms with van der Waals surface area (Å²) in [4.78, 5) is 12.0. The molecule has 4 heteroatoms. The highest BCUT2D eigenvalue weighted by atomic mass is 16.1. The molecule has 2 aromatic carbocycles. The van der Waals surface area contributed by atoms with Crippen molar-refractivity contribution in [2.45, 2.75) is 27.2 Å². The summed E-state index contributed by atoms with van der Waals surface area (Å²) in [6, 6.07) is 13.2. The van der Waals surface area contributed by atoms with Gasteiger partial charge < -0.3 is 10.6 Å². The fraction of sp³-hybridized carbons (Fsp3) is 0.263. The lowest BCUT2D eigenvalue weighted by Gasteiger charge is -2.13. The van der Waals surface area contributed by atoms with E-state index in [-0.39, 0.29) is 5.91 Å². The number of hydrogen-bond donors (Lipinski definition) is 2. The molecule has 23 heavy (non-hydrogen) atoms. The Morgan fingerprint density at radius 1 is 1.09 bits per heavy atom. The SMILES string of the molecule is Cc1cc(C)c(NCCC(=O)Nc2ccc(C#N)cc2)c(C)c1. The third-order valence-corrected chi connectivity index (χ3v) is 3.63. The molecule has 0 unspecified atom stereocenters. The second-order valence-electron chi connectivity index (χ2n) is 5.69. The minimum atomic E-state index is -0.0513. The molecule has 0 heterocycles. The quantitative estimate of drug-likeness (QED) is 0.879. The lowest BCUT2D eigenvalue weighted by molar-refractivity contribution is -0.115. The van der Waals surface area contributed by atoms with Crippen molar-refractivity contribution in [3.8, 4) is 6.07 Å². The van der Waals surface area contributed by atoms with Gasteiger partial charge in [-0.1, -0.05) is 17.7 Å². The minimum Gasteiger partial charge on any atom is -0.384 e. The van der Waals surface area contributed by atoms with E-state index in [0.717, 1.165) is 5.69 Å². The van der Waals surface area contributed by atoms with E-state index in [1.807, 2.05) is 0 Å². The largest absolute Gasteiger partial charge is 0.384 e. The van der Waals surface area contributed by atoms with Crippen molar-refractivity contribution >= 4 is 17.3 Å². The van der Waals surface area contributed by atoms with E-state index in [0.29, 0.717) is 24.2 Å². The van der Waals surface area contributed by atoms with Crippen molar-refractivity contribution in [1.82, 2.24) is 0 Å². The second-order valence-corrected chi connectivity index (χ2v) is 5.69. The molecule has 0 saturated carbocycles. The Bertz CT molecular complexity index is 719. The summed E-state index contributed by atoms with van der Waals surface area (Å²) in [5.74, 6) is -0.0513. The summed E-state index contributed by atoms with van der Waals surface area (Å²) in [6.07, 6.45) is 0.382. The van der Waals surface area contributed by atoms with Crippen molar-refractivity contribution < 1.29 is 4.79 Å². The number of carbonyl (C=O) groups excluding carboxylic acids is 1. The Balaban J connectivity index is 1.86. The van der Waals surface area contributed by atoms with Crippen LogP contribution in [0.1, 0.15) is 28.7 Å². The Hall–Kier alpha value is -2.80. The zero-order chi connectivity index (χ0) is 16.8. The average Bonchev–Trinajstić information content (AvgIpc) is 2.50. The molecule has 0 aliphatic rings. The van der Waals surface area contributed by atoms with Crippen molar-refractivity contribution in [2.24, 2.45) is 0 Å². The average molecular weight is 307 g/mol. The van der Waals surface area contributed by atoms with Gasteiger partial charge in [0, 0.05) is 24.3 Å². The van der Waals surface area contributed by atoms with Crippen LogP contribution in [-0.2, 0) is 4.79 Å². The first-order valence-corrected chi connectivity index (χ1v) is 7.61. The molecule has 4 nitrogen and oxygen atoms in total. The standard InChI is InChI=1S/C19H21N3O/c1-13-10-14(2)19(15(3)11-13)21-9-8-18(23)22-17-6-4-16(12-20)5-7-17/h4-7,10-11,21H,8-9H2,1-3H3,(H,22,23). The Morgan fingerprint density at radius 3 is 2.26 bits per heavy atom. The van der Waals surface area contributed by atoms with Gasteiger partial charge in [0.2, 0.25) is 5.91 Å². The summed E-state index contributed by atoms with van der Waals surface area (Å²) >= 11 is 0. The molecule has 118 valence electrons. The van der Waals surface area contributed by atoms with Gasteiger partial charge in [-0.2, -0.15) is 5.26 Å². The van der Waals surface area contributed by atoms with Gasteiger partial charge in [-0.05, 0) is 56.2 Å². The number of hydrogen-bond acceptors (Lipinski definition) is 3. The highest BCUT2D eigenvalue weighted by Gasteiger charge is 2.06. The summed E-state index contributed by atoms with van der Waals surface area (Å²) in [7, 11) is 0. The van der Waals surface area contributed by atoms with Crippen LogP contribution >= 0.6 is 0 Å². The van der Waals surface area contributed by atoms with Crippen molar-refractivity contribution in [3.05, 3.63) is 58.7 Å². The van der Waals surface area contributed by atoms with E-state index in [4.69, 9.17) is 5.26 Å². The Labute approximate surface area is 137 Å². The molecule has 0 spiro atoms. The number of nitriles is 1. The van der Waals surface area contributed by atoms with Gasteiger partial charge >= 0.3 is 0 Å². The topological polar surface area (TPSA) is 64.9 Å². The highest BCUT2D eigenvalue weighted by Crippen LogP contribution is 2.21. The lowest BCUT2D eigenvalue weighted by Crippen LogP contribution is -2.16. The number of anilines is 2. The van der Waals surface area contributed by atoms with Gasteiger partial charge in [-0.25, -0.2) is 0 Å². The predicted molar refractivity (Wildman–Crippen MR) is 93.5 cm³/mol. The molecule has 2 rings (SSSR count). The van der Waals surface area contributed by atoms with Crippen molar-refractivity contribution in [2.75, 3.05) is 17.2 Å². The Kier molecular flexibility index (Phi) is 5.37. The Morgan fingerprint density at radius 2 is 1.70 bits per heavy atom. The first-order valence-electron chi connectivity index (χ1n) is 7.61. The first kappa shape index (κ1) is 16.6. The van der Waals surface area contributed by atoms with Gasteiger partial charge in [0.05, 0.1) is 11.6 Å². The molecular formula is C19H21N3O. The number of carbonyl (C=O) groups is 1. The maximum Gasteiger partial charge on any atom is 0.226 e. The summed E-state index contributed by atoms with van der Waals surface area (Å²) in [5, 5.41) is 14.9. The second kappa shape index (κ2) is 7.46. The normalized spacial score (nSPS) is 10.0. The third-order valence-electron chi connectivity index (χ3n) is 3.63. The molecule has 0 saturated heterocycles. The molecule has 2 aromatic rings. The number of nitrogens with zero attached hydrogens (tertiary/aromatic N) is 1. The van der Waals surface area contributed by atoms with Gasteiger partial charge in [0.25, 0.3) is 0 Å². The third kappa shape index (κ3) is 4.58. The fourth-order valence-corrected chi connectivity index (χ4v) is 2.61. The molecule has 0 fully saturated rings. The number of aryl methyl sites for hydroxylation is 3. The number of benzene rings is 2. The van der Waals surface area contributed by atoms with E-state index >= 15 is 0 Å². The number of amides is 1. The van der Waals surface area contributed by atoms with E-state index in [1.54, 1.807) is 24.3 Å². The number of nitrogens with one attached hydrogen (secondary N) is 2. The van der Waals surface area contributed by atoms with E-state index < -0.39 is 0 Å². The molecule has 0 bridgehead atoms. The van der Waals surface area contributed by atoms with Gasteiger partial charge in [0.15, 0.2) is 0 Å². The minimum absolute atomic E-state index is 0.0513. The smallest absolute Gasteiger partial charge is 0.226 e. The van der Waals surface area contributed by atoms with Crippen LogP contribution in [0.3, 0.4) is 0 Å². The van der Waals surface area contributed by atoms with Crippen LogP contribution < -0.4 is 10.6 Å². The van der Waals surface area contributed by atoms with E-state index in [9.17, 15) is 4.79 Å². The molecular weight excluding hydrogens is 286 g/mol. The molecule has 0 aliphatic heterocycles. The molecule has 1 amide bonds. The highest BCUT2D eigenvalue weighted by molar-refractivity contribution is 5.91. The maximum absolute atomic E-state index is 12.0. The zero-order valence-corrected chi connectivity index (χ0v) is 13.7. The van der Waals surface area contributed by atoms with Crippen molar-refractivity contribution in [3.63, 3.8) is 0 Å². The summed E-state index contributed by atoms with van der Waals surface area (Å²) in [5.41, 5.74) is 6.00. The van der Waals surface area contributed by atoms with Crippen LogP contribution in [0.4, 0.5) is 11.4 Å². The van der Waals surface area contributed by atoms with Crippen molar-refractivity contribution in [1.29, 1.82) is 5.26 Å². The van der Waals surface area contributed by atoms with E-state index in [1.165, 1.54) is 16.7 Å². The molecule has 2 N–H and O–H groups in total. The monoisotopic (exact) mass is 307 g/mol. The molecule has 0 aliphatic carbocycles. The predicted octanol–water partition coefficient (Wildman–Crippen LogP) is 3.92. The van der Waals surface area contributed by atoms with Gasteiger partial charge in [0.1, 0.15) is 0 Å². The zero-order valence-electron chi connectivity index (χ0n) is 13.7. The molecule has 0 atom stereocenters. The van der Waals surface area contributed by atoms with Crippen LogP contribution in [0.5, 0.6) is 0 Å². The van der Waals surface area contributed by atoms with Crippen LogP contribution in [0.25, 0.3) is 0 Å². The summed E-state index contributed by atoms with van der Waals surface area (Å²) in [6.45, 7) is 6.79. The molecule has 0 radical (unpaired) electrons. The fourth-order valence-electron chi connectivity index (χ4n) is 2.61. The summed E-state index contributed by atoms with van der Waals surface area (Å²) < 4.78 is 0. The van der Waals surface area contributed by atoms with Gasteiger partial charge in [-0.3, -0.25) is 4.79 Å². The van der Waals surface area contributed by atoms with Crippen LogP contribution in [-0.4, -0.2) is 12.5 Å². The van der Waals surface area contributed by atoms with E-state index in [2.05, 4.69) is 49.6 Å². The van der Waals surface area contributed by atoms with Crippen LogP contribution in [0.2, 0.25) is 0 Å². The lowest BCUT2D eigenvalue weighted by atomic mass is 10.1. The van der Waals surface area contributed by atoms with Crippen LogP contribution in [0.15, 0.2) is 36.4 Å². The molecule has 0 aromatic heterocycles. The van der Waals surface area contributed by atoms with Crippen LogP contribution in [0, 0.1) is 32.1 Å².